The molecule has 0 amide bonds. The van der Waals surface area contributed by atoms with Crippen molar-refractivity contribution in [1.29, 1.82) is 0 Å². The van der Waals surface area contributed by atoms with Crippen LogP contribution in [0.25, 0.3) is 16.8 Å². The fourth-order valence-electron chi connectivity index (χ4n) is 3.87. The van der Waals surface area contributed by atoms with Crippen molar-refractivity contribution in [3.8, 4) is 22.6 Å². The molecule has 172 valence electrons. The number of rotatable bonds is 4. The van der Waals surface area contributed by atoms with Gasteiger partial charge >= 0.3 is 6.18 Å². The van der Waals surface area contributed by atoms with Gasteiger partial charge in [-0.3, -0.25) is 0 Å². The highest BCUT2D eigenvalue weighted by Gasteiger charge is 2.39. The monoisotopic (exact) mass is 464 g/mol. The summed E-state index contributed by atoms with van der Waals surface area (Å²) in [6.45, 7) is 0. The predicted octanol–water partition coefficient (Wildman–Crippen LogP) is 5.73. The van der Waals surface area contributed by atoms with Gasteiger partial charge in [0.2, 0.25) is 5.95 Å². The van der Waals surface area contributed by atoms with Gasteiger partial charge in [0.05, 0.1) is 7.11 Å². The van der Waals surface area contributed by atoms with E-state index in [0.29, 0.717) is 11.3 Å². The Labute approximate surface area is 193 Å². The van der Waals surface area contributed by atoms with Gasteiger partial charge < -0.3 is 15.2 Å². The molecule has 1 atom stereocenters. The Bertz CT molecular complexity index is 1360. The topological polar surface area (TPSA) is 72.2 Å². The summed E-state index contributed by atoms with van der Waals surface area (Å²) in [7, 11) is 1.40. The minimum absolute atomic E-state index is 0.0333. The van der Waals surface area contributed by atoms with Gasteiger partial charge in [-0.25, -0.2) is 4.68 Å². The third-order valence-electron chi connectivity index (χ3n) is 5.57. The van der Waals surface area contributed by atoms with E-state index in [1.165, 1.54) is 17.9 Å². The van der Waals surface area contributed by atoms with E-state index < -0.39 is 18.0 Å². The van der Waals surface area contributed by atoms with Crippen LogP contribution in [0.3, 0.4) is 0 Å². The summed E-state index contributed by atoms with van der Waals surface area (Å²) in [4.78, 5) is 3.69. The molecule has 4 aromatic rings. The molecule has 0 unspecified atom stereocenters. The minimum Gasteiger partial charge on any atom is -0.504 e. The molecule has 0 saturated heterocycles. The normalized spacial score (nSPS) is 15.3. The van der Waals surface area contributed by atoms with Crippen molar-refractivity contribution in [3.63, 3.8) is 0 Å². The van der Waals surface area contributed by atoms with E-state index in [4.69, 9.17) is 4.74 Å². The van der Waals surface area contributed by atoms with Crippen LogP contribution in [0.4, 0.5) is 19.1 Å². The quantitative estimate of drug-likeness (QED) is 0.403. The molecular formula is C25H19F3N4O2. The van der Waals surface area contributed by atoms with Gasteiger partial charge in [0, 0.05) is 5.70 Å². The van der Waals surface area contributed by atoms with Gasteiger partial charge in [0.25, 0.3) is 5.82 Å². The lowest BCUT2D eigenvalue weighted by Gasteiger charge is -2.25. The maximum absolute atomic E-state index is 13.4. The number of halogens is 3. The molecule has 1 aliphatic heterocycles. The average Bonchev–Trinajstić information content (AvgIpc) is 3.30. The molecule has 6 nitrogen and oxygen atoms in total. The number of nitrogens with zero attached hydrogens (tertiary/aromatic N) is 3. The largest absolute Gasteiger partial charge is 0.504 e. The Balaban J connectivity index is 1.58. The minimum atomic E-state index is -4.69. The number of aromatic hydroxyl groups is 1. The number of hydrogen-bond acceptors (Lipinski definition) is 5. The zero-order valence-corrected chi connectivity index (χ0v) is 17.9. The maximum atomic E-state index is 13.4. The first-order chi connectivity index (χ1) is 16.3. The van der Waals surface area contributed by atoms with Crippen LogP contribution in [-0.2, 0) is 6.18 Å². The van der Waals surface area contributed by atoms with E-state index in [9.17, 15) is 18.3 Å². The molecule has 5 rings (SSSR count). The lowest BCUT2D eigenvalue weighted by molar-refractivity contribution is -0.145. The van der Waals surface area contributed by atoms with Gasteiger partial charge in [-0.15, -0.1) is 5.10 Å². The lowest BCUT2D eigenvalue weighted by Crippen LogP contribution is -2.20. The number of alkyl halides is 3. The van der Waals surface area contributed by atoms with Crippen LogP contribution in [0.2, 0.25) is 0 Å². The summed E-state index contributed by atoms with van der Waals surface area (Å²) in [6.07, 6.45) is -2.92. The van der Waals surface area contributed by atoms with Gasteiger partial charge in [-0.2, -0.15) is 18.2 Å². The summed E-state index contributed by atoms with van der Waals surface area (Å²) in [5.41, 5.74) is 4.02. The smallest absolute Gasteiger partial charge is 0.453 e. The molecule has 2 N–H and O–H groups in total. The van der Waals surface area contributed by atoms with Crippen LogP contribution in [-0.4, -0.2) is 27.0 Å². The van der Waals surface area contributed by atoms with E-state index in [0.717, 1.165) is 16.7 Å². The van der Waals surface area contributed by atoms with E-state index in [-0.39, 0.29) is 17.4 Å². The number of fused-ring (bicyclic) bond motifs is 1. The van der Waals surface area contributed by atoms with Gasteiger partial charge in [0.15, 0.2) is 11.5 Å². The zero-order chi connectivity index (χ0) is 23.9. The second-order valence-corrected chi connectivity index (χ2v) is 7.73. The molecular weight excluding hydrogens is 445 g/mol. The Hall–Kier alpha value is -4.27. The fourth-order valence-corrected chi connectivity index (χ4v) is 3.87. The van der Waals surface area contributed by atoms with Crippen LogP contribution in [0.1, 0.15) is 23.0 Å². The number of phenols is 1. The SMILES string of the molecule is COc1cc([C@H]2C=C(c3ccc(-c4ccccc4)cc3)Nc3nc(C(F)(F)F)nn32)ccc1O. The molecule has 0 aliphatic carbocycles. The number of anilines is 1. The number of nitrogens with one attached hydrogen (secondary N) is 1. The number of ether oxygens (including phenoxy) is 1. The zero-order valence-electron chi connectivity index (χ0n) is 17.9. The number of benzene rings is 3. The molecule has 2 heterocycles. The second kappa shape index (κ2) is 8.26. The summed E-state index contributed by atoms with van der Waals surface area (Å²) in [5.74, 6) is -1.14. The molecule has 0 fully saturated rings. The summed E-state index contributed by atoms with van der Waals surface area (Å²) < 4.78 is 46.5. The molecule has 34 heavy (non-hydrogen) atoms. The first-order valence-electron chi connectivity index (χ1n) is 10.4. The number of allylic oxidation sites excluding steroid dienone is 1. The summed E-state index contributed by atoms with van der Waals surface area (Å²) >= 11 is 0. The summed E-state index contributed by atoms with van der Waals surface area (Å²) in [5, 5.41) is 16.6. The van der Waals surface area contributed by atoms with Crippen molar-refractivity contribution in [2.45, 2.75) is 12.2 Å². The predicted molar refractivity (Wildman–Crippen MR) is 121 cm³/mol. The Morgan fingerprint density at radius 3 is 2.29 bits per heavy atom. The van der Waals surface area contributed by atoms with E-state index in [2.05, 4.69) is 15.4 Å². The molecule has 1 aliphatic rings. The standard InChI is InChI=1S/C25H19F3N4O2/c1-34-22-13-18(11-12-21(22)33)20-14-19(29-24-30-23(25(26,27)28)31-32(20)24)17-9-7-16(8-10-17)15-5-3-2-4-6-15/h2-14,20,33H,1H3,(H,29,30,31)/t20-/m1/s1. The number of aromatic nitrogens is 3. The molecule has 0 bridgehead atoms. The molecule has 1 aromatic heterocycles. The molecule has 3 aromatic carbocycles. The highest BCUT2D eigenvalue weighted by atomic mass is 19.4. The summed E-state index contributed by atoms with van der Waals surface area (Å²) in [6, 6.07) is 21.4. The lowest BCUT2D eigenvalue weighted by atomic mass is 9.99. The van der Waals surface area contributed by atoms with Crippen LogP contribution < -0.4 is 10.1 Å². The second-order valence-electron chi connectivity index (χ2n) is 7.73. The first kappa shape index (κ1) is 21.6. The Morgan fingerprint density at radius 2 is 1.62 bits per heavy atom. The number of hydrogen-bond donors (Lipinski definition) is 2. The van der Waals surface area contributed by atoms with E-state index in [1.807, 2.05) is 54.6 Å². The van der Waals surface area contributed by atoms with Crippen LogP contribution in [0, 0.1) is 0 Å². The number of methoxy groups -OCH3 is 1. The average molecular weight is 464 g/mol. The van der Waals surface area contributed by atoms with Crippen LogP contribution in [0.5, 0.6) is 11.5 Å². The molecule has 0 spiro atoms. The third kappa shape index (κ3) is 3.96. The first-order valence-corrected chi connectivity index (χ1v) is 10.4. The van der Waals surface area contributed by atoms with Crippen molar-refractivity contribution in [1.82, 2.24) is 14.8 Å². The Kier molecular flexibility index (Phi) is 5.24. The molecule has 9 heteroatoms. The highest BCUT2D eigenvalue weighted by Crippen LogP contribution is 2.38. The van der Waals surface area contributed by atoms with E-state index >= 15 is 0 Å². The molecule has 0 radical (unpaired) electrons. The highest BCUT2D eigenvalue weighted by molar-refractivity contribution is 5.78. The van der Waals surface area contributed by atoms with Crippen molar-refractivity contribution < 1.29 is 23.0 Å². The Morgan fingerprint density at radius 1 is 0.941 bits per heavy atom. The van der Waals surface area contributed by atoms with Gasteiger partial charge in [-0.05, 0) is 40.5 Å². The van der Waals surface area contributed by atoms with Crippen LogP contribution >= 0.6 is 0 Å². The van der Waals surface area contributed by atoms with Crippen molar-refractivity contribution in [2.75, 3.05) is 12.4 Å². The van der Waals surface area contributed by atoms with Crippen molar-refractivity contribution in [2.24, 2.45) is 0 Å². The van der Waals surface area contributed by atoms with Gasteiger partial charge in [0.1, 0.15) is 6.04 Å². The van der Waals surface area contributed by atoms with Gasteiger partial charge in [-0.1, -0.05) is 60.7 Å². The molecule has 0 saturated carbocycles. The van der Waals surface area contributed by atoms with Crippen molar-refractivity contribution in [3.05, 3.63) is 95.8 Å². The van der Waals surface area contributed by atoms with Crippen molar-refractivity contribution >= 4 is 11.6 Å². The maximum Gasteiger partial charge on any atom is 0.453 e. The fraction of sp³-hybridized carbons (Fsp3) is 0.120. The van der Waals surface area contributed by atoms with E-state index in [1.54, 1.807) is 18.2 Å². The number of phenolic OH excluding ortho intramolecular Hbond substituents is 1. The van der Waals surface area contributed by atoms with Crippen LogP contribution in [0.15, 0.2) is 78.9 Å². The third-order valence-corrected chi connectivity index (χ3v) is 5.57.